The van der Waals surface area contributed by atoms with Gasteiger partial charge in [0.1, 0.15) is 12.4 Å². The minimum atomic E-state index is -0.835. The number of carbonyl (C=O) groups excluding carboxylic acids is 2. The quantitative estimate of drug-likeness (QED) is 0.357. The van der Waals surface area contributed by atoms with Crippen LogP contribution in [0.5, 0.6) is 5.75 Å². The zero-order valence-electron chi connectivity index (χ0n) is 17.8. The van der Waals surface area contributed by atoms with Crippen LogP contribution >= 0.6 is 0 Å². The Hall–Kier alpha value is -3.93. The van der Waals surface area contributed by atoms with E-state index in [0.29, 0.717) is 18.0 Å². The molecule has 3 rings (SSSR count). The largest absolute Gasteiger partial charge is 0.489 e. The maximum absolute atomic E-state index is 12.0. The van der Waals surface area contributed by atoms with Crippen molar-refractivity contribution in [1.82, 2.24) is 5.43 Å². The van der Waals surface area contributed by atoms with Crippen molar-refractivity contribution in [2.24, 2.45) is 5.10 Å². The summed E-state index contributed by atoms with van der Waals surface area (Å²) >= 11 is 0. The van der Waals surface area contributed by atoms with E-state index in [1.54, 1.807) is 19.1 Å². The number of hydrazone groups is 1. The molecule has 2 amide bonds. The van der Waals surface area contributed by atoms with Crippen LogP contribution in [0, 0.1) is 13.8 Å². The minimum Gasteiger partial charge on any atom is -0.489 e. The molecule has 0 aliphatic rings. The number of rotatable bonds is 6. The van der Waals surface area contributed by atoms with Crippen LogP contribution in [0.2, 0.25) is 0 Å². The van der Waals surface area contributed by atoms with Crippen molar-refractivity contribution in [3.05, 3.63) is 95.1 Å². The lowest BCUT2D eigenvalue weighted by Crippen LogP contribution is -2.32. The lowest BCUT2D eigenvalue weighted by molar-refractivity contribution is -0.136. The summed E-state index contributed by atoms with van der Waals surface area (Å²) < 4.78 is 5.80. The molecule has 0 heterocycles. The Morgan fingerprint density at radius 1 is 0.806 bits per heavy atom. The molecule has 31 heavy (non-hydrogen) atoms. The third-order valence-corrected chi connectivity index (χ3v) is 4.64. The van der Waals surface area contributed by atoms with Gasteiger partial charge in [-0.1, -0.05) is 47.5 Å². The average Bonchev–Trinajstić information content (AvgIpc) is 2.78. The van der Waals surface area contributed by atoms with Crippen molar-refractivity contribution < 1.29 is 14.3 Å². The van der Waals surface area contributed by atoms with Crippen LogP contribution in [0.1, 0.15) is 29.2 Å². The van der Waals surface area contributed by atoms with E-state index in [1.807, 2.05) is 62.4 Å². The number of nitrogens with zero attached hydrogens (tertiary/aromatic N) is 1. The van der Waals surface area contributed by atoms with Gasteiger partial charge in [0.25, 0.3) is 0 Å². The van der Waals surface area contributed by atoms with Crippen LogP contribution in [0.15, 0.2) is 77.9 Å². The monoisotopic (exact) mass is 415 g/mol. The zero-order chi connectivity index (χ0) is 22.2. The van der Waals surface area contributed by atoms with E-state index in [4.69, 9.17) is 4.74 Å². The molecule has 0 saturated heterocycles. The van der Waals surface area contributed by atoms with Crippen LogP contribution in [0.25, 0.3) is 0 Å². The van der Waals surface area contributed by atoms with Crippen LogP contribution in [0.4, 0.5) is 5.69 Å². The summed E-state index contributed by atoms with van der Waals surface area (Å²) in [6, 6.07) is 22.7. The molecule has 6 nitrogen and oxygen atoms in total. The molecule has 0 atom stereocenters. The van der Waals surface area contributed by atoms with E-state index < -0.39 is 11.8 Å². The number of hydrogen-bond donors (Lipinski definition) is 2. The van der Waals surface area contributed by atoms with Gasteiger partial charge in [-0.3, -0.25) is 9.59 Å². The van der Waals surface area contributed by atoms with Crippen LogP contribution < -0.4 is 15.5 Å². The summed E-state index contributed by atoms with van der Waals surface area (Å²) in [6.07, 6.45) is 0. The maximum Gasteiger partial charge on any atom is 0.329 e. The summed E-state index contributed by atoms with van der Waals surface area (Å²) in [6.45, 7) is 6.23. The fourth-order valence-electron chi connectivity index (χ4n) is 2.72. The Bertz CT molecular complexity index is 1070. The van der Waals surface area contributed by atoms with E-state index in [0.717, 1.165) is 22.4 Å². The molecule has 6 heteroatoms. The number of carbonyl (C=O) groups is 2. The third kappa shape index (κ3) is 6.54. The summed E-state index contributed by atoms with van der Waals surface area (Å²) in [4.78, 5) is 24.0. The summed E-state index contributed by atoms with van der Waals surface area (Å²) in [5.74, 6) is -0.878. The molecule has 0 bridgehead atoms. The molecule has 3 aromatic carbocycles. The molecule has 0 unspecified atom stereocenters. The fourth-order valence-corrected chi connectivity index (χ4v) is 2.72. The third-order valence-electron chi connectivity index (χ3n) is 4.64. The van der Waals surface area contributed by atoms with Gasteiger partial charge in [-0.2, -0.15) is 5.10 Å². The number of anilines is 1. The second-order valence-corrected chi connectivity index (χ2v) is 7.26. The predicted molar refractivity (Wildman–Crippen MR) is 122 cm³/mol. The zero-order valence-corrected chi connectivity index (χ0v) is 17.8. The lowest BCUT2D eigenvalue weighted by atomic mass is 10.1. The number of ether oxygens (including phenoxy) is 1. The van der Waals surface area contributed by atoms with E-state index >= 15 is 0 Å². The lowest BCUT2D eigenvalue weighted by Gasteiger charge is -2.08. The van der Waals surface area contributed by atoms with Gasteiger partial charge < -0.3 is 10.1 Å². The smallest absolute Gasteiger partial charge is 0.329 e. The highest BCUT2D eigenvalue weighted by Gasteiger charge is 2.13. The number of nitrogens with one attached hydrogen (secondary N) is 2. The van der Waals surface area contributed by atoms with Gasteiger partial charge in [-0.25, -0.2) is 5.43 Å². The Kier molecular flexibility index (Phi) is 7.17. The molecule has 0 aliphatic carbocycles. The molecule has 0 saturated carbocycles. The molecule has 0 spiro atoms. The van der Waals surface area contributed by atoms with E-state index in [9.17, 15) is 9.59 Å². The normalized spacial score (nSPS) is 11.0. The van der Waals surface area contributed by atoms with Crippen molar-refractivity contribution in [3.63, 3.8) is 0 Å². The van der Waals surface area contributed by atoms with Crippen LogP contribution in [-0.4, -0.2) is 17.5 Å². The van der Waals surface area contributed by atoms with Gasteiger partial charge in [-0.05, 0) is 68.3 Å². The highest BCUT2D eigenvalue weighted by atomic mass is 16.5. The standard InChI is InChI=1S/C25H25N3O3/c1-17-4-8-20(9-5-17)16-31-23-14-10-21(11-15-23)19(3)27-28-25(30)24(29)26-22-12-6-18(2)7-13-22/h4-15H,16H2,1-3H3,(H,26,29)(H,28,30)/b27-19+. The molecule has 0 fully saturated rings. The van der Waals surface area contributed by atoms with Gasteiger partial charge >= 0.3 is 11.8 Å². The first-order valence-electron chi connectivity index (χ1n) is 9.92. The van der Waals surface area contributed by atoms with Gasteiger partial charge in [0.2, 0.25) is 0 Å². The first-order chi connectivity index (χ1) is 14.9. The Balaban J connectivity index is 1.52. The first kappa shape index (κ1) is 21.8. The van der Waals surface area contributed by atoms with E-state index in [1.165, 1.54) is 5.56 Å². The second kappa shape index (κ2) is 10.2. The van der Waals surface area contributed by atoms with Crippen molar-refractivity contribution in [2.45, 2.75) is 27.4 Å². The predicted octanol–water partition coefficient (Wildman–Crippen LogP) is 4.36. The SMILES string of the molecule is C/C(=N\NC(=O)C(=O)Nc1ccc(C)cc1)c1ccc(OCc2ccc(C)cc2)cc1. The van der Waals surface area contributed by atoms with E-state index in [-0.39, 0.29) is 0 Å². The number of amides is 2. The fraction of sp³-hybridized carbons (Fsp3) is 0.160. The summed E-state index contributed by atoms with van der Waals surface area (Å²) in [7, 11) is 0. The summed E-state index contributed by atoms with van der Waals surface area (Å²) in [5.41, 5.74) is 7.58. The van der Waals surface area contributed by atoms with Gasteiger partial charge in [0, 0.05) is 5.69 Å². The number of aryl methyl sites for hydroxylation is 2. The Morgan fingerprint density at radius 2 is 1.39 bits per heavy atom. The number of benzene rings is 3. The average molecular weight is 415 g/mol. The molecule has 2 N–H and O–H groups in total. The molecular weight excluding hydrogens is 390 g/mol. The Morgan fingerprint density at radius 3 is 2.00 bits per heavy atom. The van der Waals surface area contributed by atoms with Crippen LogP contribution in [-0.2, 0) is 16.2 Å². The van der Waals surface area contributed by atoms with Gasteiger partial charge in [0.15, 0.2) is 0 Å². The van der Waals surface area contributed by atoms with Crippen molar-refractivity contribution in [3.8, 4) is 5.75 Å². The highest BCUT2D eigenvalue weighted by molar-refractivity contribution is 6.39. The van der Waals surface area contributed by atoms with E-state index in [2.05, 4.69) is 28.0 Å². The molecule has 0 aliphatic heterocycles. The van der Waals surface area contributed by atoms with Crippen molar-refractivity contribution in [1.29, 1.82) is 0 Å². The molecular formula is C25H25N3O3. The topological polar surface area (TPSA) is 79.8 Å². The summed E-state index contributed by atoms with van der Waals surface area (Å²) in [5, 5.41) is 6.55. The van der Waals surface area contributed by atoms with Crippen molar-refractivity contribution >= 4 is 23.2 Å². The maximum atomic E-state index is 12.0. The first-order valence-corrected chi connectivity index (χ1v) is 9.92. The van der Waals surface area contributed by atoms with Gasteiger partial charge in [-0.15, -0.1) is 0 Å². The molecule has 3 aromatic rings. The second-order valence-electron chi connectivity index (χ2n) is 7.26. The van der Waals surface area contributed by atoms with Crippen LogP contribution in [0.3, 0.4) is 0 Å². The molecule has 158 valence electrons. The highest BCUT2D eigenvalue weighted by Crippen LogP contribution is 2.15. The minimum absolute atomic E-state index is 0.485. The van der Waals surface area contributed by atoms with Gasteiger partial charge in [0.05, 0.1) is 5.71 Å². The number of hydrogen-bond acceptors (Lipinski definition) is 4. The van der Waals surface area contributed by atoms with Crippen molar-refractivity contribution in [2.75, 3.05) is 5.32 Å². The molecule has 0 aromatic heterocycles. The molecule has 0 radical (unpaired) electrons. The Labute approximate surface area is 182 Å².